The predicted octanol–water partition coefficient (Wildman–Crippen LogP) is 0.662. The van der Waals surface area contributed by atoms with Crippen LogP contribution in [0.1, 0.15) is 40.0 Å². The molecule has 1 spiro atoms. The van der Waals surface area contributed by atoms with Gasteiger partial charge >= 0.3 is 5.97 Å². The van der Waals surface area contributed by atoms with Crippen LogP contribution in [-0.2, 0) is 23.9 Å². The number of fused-ring (bicyclic) bond motifs is 3. The minimum atomic E-state index is -1.54. The van der Waals surface area contributed by atoms with E-state index in [1.807, 2.05) is 6.92 Å². The van der Waals surface area contributed by atoms with E-state index in [1.165, 1.54) is 0 Å². The van der Waals surface area contributed by atoms with Crippen LogP contribution in [0.3, 0.4) is 0 Å². The second kappa shape index (κ2) is 5.11. The molecule has 2 unspecified atom stereocenters. The lowest BCUT2D eigenvalue weighted by molar-refractivity contribution is -0.220. The van der Waals surface area contributed by atoms with Gasteiger partial charge < -0.3 is 24.5 Å². The van der Waals surface area contributed by atoms with Crippen molar-refractivity contribution in [3.63, 3.8) is 0 Å². The lowest BCUT2D eigenvalue weighted by atomic mass is 9.62. The van der Waals surface area contributed by atoms with Crippen LogP contribution >= 0.6 is 0 Å². The first-order chi connectivity index (χ1) is 12.7. The van der Waals surface area contributed by atoms with Gasteiger partial charge in [-0.1, -0.05) is 25.9 Å². The molecule has 6 aliphatic rings. The van der Waals surface area contributed by atoms with Crippen molar-refractivity contribution in [3.8, 4) is 0 Å². The van der Waals surface area contributed by atoms with Gasteiger partial charge in [0.25, 0.3) is 0 Å². The van der Waals surface area contributed by atoms with Gasteiger partial charge in [0.15, 0.2) is 17.1 Å². The highest BCUT2D eigenvalue weighted by Gasteiger charge is 2.70. The van der Waals surface area contributed by atoms with Gasteiger partial charge in [-0.25, -0.2) is 4.79 Å². The highest BCUT2D eigenvalue weighted by atomic mass is 16.7. The summed E-state index contributed by atoms with van der Waals surface area (Å²) >= 11 is 0. The Bertz CT molecular complexity index is 819. The maximum atomic E-state index is 13.1. The fraction of sp³-hybridized carbons (Fsp3) is 0.737. The molecule has 7 bridgehead atoms. The molecule has 2 N–H and O–H groups in total. The quantitative estimate of drug-likeness (QED) is 0.471. The fourth-order valence-electron chi connectivity index (χ4n) is 5.55. The number of ether oxygens (including phenoxy) is 2. The zero-order valence-corrected chi connectivity index (χ0v) is 15.5. The van der Waals surface area contributed by atoms with Gasteiger partial charge in [0.1, 0.15) is 17.8 Å². The third-order valence-electron chi connectivity index (χ3n) is 7.00. The molecule has 1 saturated carbocycles. The van der Waals surface area contributed by atoms with Crippen LogP contribution in [0.5, 0.6) is 0 Å². The largest absolute Gasteiger partial charge is 0.486 e. The molecule has 0 aromatic carbocycles. The summed E-state index contributed by atoms with van der Waals surface area (Å²) in [5, 5.41) is 26.0. The Kier molecular flexibility index (Phi) is 3.25. The van der Waals surface area contributed by atoms with E-state index in [9.17, 15) is 19.8 Å². The maximum absolute atomic E-state index is 13.1. The molecule has 0 radical (unpaired) electrons. The summed E-state index contributed by atoms with van der Waals surface area (Å²) in [6.07, 6.45) is -0.701. The molecule has 4 aliphatic heterocycles. The van der Waals surface area contributed by atoms with E-state index in [0.717, 1.165) is 0 Å². The molecule has 8 nitrogen and oxygen atoms in total. The first kappa shape index (κ1) is 17.2. The van der Waals surface area contributed by atoms with E-state index >= 15 is 0 Å². The summed E-state index contributed by atoms with van der Waals surface area (Å²) in [5.74, 6) is -4.03. The van der Waals surface area contributed by atoms with Crippen LogP contribution in [0.2, 0.25) is 0 Å². The second-order valence-electron chi connectivity index (χ2n) is 8.81. The third kappa shape index (κ3) is 1.97. The second-order valence-corrected chi connectivity index (χ2v) is 8.81. The molecule has 2 saturated heterocycles. The number of oxime groups is 1. The smallest absolute Gasteiger partial charge is 0.346 e. The van der Waals surface area contributed by atoms with E-state index in [4.69, 9.17) is 14.3 Å². The normalized spacial score (nSPS) is 50.6. The lowest BCUT2D eigenvalue weighted by Gasteiger charge is -2.54. The molecule has 146 valence electrons. The van der Waals surface area contributed by atoms with Gasteiger partial charge in [0.05, 0.1) is 18.1 Å². The number of carbonyl (C=O) groups is 2. The van der Waals surface area contributed by atoms with Crippen molar-refractivity contribution in [2.45, 2.75) is 63.6 Å². The summed E-state index contributed by atoms with van der Waals surface area (Å²) in [7, 11) is 0. The van der Waals surface area contributed by atoms with Crippen LogP contribution in [-0.4, -0.2) is 51.3 Å². The number of aliphatic hydroxyl groups excluding tert-OH is 1. The first-order valence-electron chi connectivity index (χ1n) is 9.52. The Morgan fingerprint density at radius 1 is 1.22 bits per heavy atom. The topological polar surface area (TPSA) is 115 Å². The molecule has 8 heteroatoms. The highest BCUT2D eigenvalue weighted by molar-refractivity contribution is 6.20. The Balaban J connectivity index is 1.73. The van der Waals surface area contributed by atoms with Crippen LogP contribution in [0.25, 0.3) is 0 Å². The molecule has 4 heterocycles. The van der Waals surface area contributed by atoms with Crippen molar-refractivity contribution >= 4 is 17.5 Å². The van der Waals surface area contributed by atoms with Crippen LogP contribution < -0.4 is 0 Å². The molecule has 8 atom stereocenters. The molecule has 0 aromatic heterocycles. The average Bonchev–Trinajstić information content (AvgIpc) is 3.11. The zero-order valence-electron chi connectivity index (χ0n) is 15.5. The molecule has 6 rings (SSSR count). The zero-order chi connectivity index (χ0) is 19.3. The van der Waals surface area contributed by atoms with Crippen molar-refractivity contribution in [1.82, 2.24) is 0 Å². The van der Waals surface area contributed by atoms with Gasteiger partial charge in [-0.2, -0.15) is 0 Å². The Morgan fingerprint density at radius 3 is 2.70 bits per heavy atom. The molecule has 2 aliphatic carbocycles. The van der Waals surface area contributed by atoms with Gasteiger partial charge in [-0.3, -0.25) is 4.79 Å². The van der Waals surface area contributed by atoms with Gasteiger partial charge in [0, 0.05) is 18.3 Å². The van der Waals surface area contributed by atoms with Gasteiger partial charge in [-0.15, -0.1) is 0 Å². The standard InChI is InChI=1S/C19H23NO7/c1-7-4-9(3)19(24)6-10(20-27-19)12-14(22)15-8(2)5-18(12)16(25-15)11(13(7)21)17(23)26-18/h7-9,12,14-15,22,24H,4-6H2,1-3H3/t7-,8-,9+,12-,14?,15?,18-,19+/m1/s1. The maximum Gasteiger partial charge on any atom is 0.346 e. The van der Waals surface area contributed by atoms with E-state index in [-0.39, 0.29) is 35.4 Å². The van der Waals surface area contributed by atoms with Crippen LogP contribution in [0.4, 0.5) is 0 Å². The molecular formula is C19H23NO7. The number of esters is 1. The molecule has 27 heavy (non-hydrogen) atoms. The van der Waals surface area contributed by atoms with E-state index < -0.39 is 41.4 Å². The molecule has 0 amide bonds. The summed E-state index contributed by atoms with van der Waals surface area (Å²) in [6.45, 7) is 5.43. The Hall–Kier alpha value is -1.93. The van der Waals surface area contributed by atoms with E-state index in [0.29, 0.717) is 18.6 Å². The summed E-state index contributed by atoms with van der Waals surface area (Å²) in [4.78, 5) is 31.2. The van der Waals surface area contributed by atoms with E-state index in [1.54, 1.807) is 13.8 Å². The number of Topliss-reactive ketones (excluding diaryl/α,β-unsaturated/α-hetero) is 1. The SMILES string of the molecule is C[C@@H]1C[C@H](C)[C@]2(O)CC(=NO2)[C@@H]2C(O)C3OC4=C(C(=O)O[C@@]42C[C@H]3C)C1=O. The number of ketones is 1. The minimum absolute atomic E-state index is 0.0465. The Labute approximate surface area is 156 Å². The highest BCUT2D eigenvalue weighted by Crippen LogP contribution is 2.58. The molecule has 0 aromatic rings. The van der Waals surface area contributed by atoms with Crippen molar-refractivity contribution in [2.24, 2.45) is 28.8 Å². The number of rotatable bonds is 0. The molecule has 3 fully saturated rings. The van der Waals surface area contributed by atoms with Crippen molar-refractivity contribution < 1.29 is 34.1 Å². The number of aliphatic hydroxyl groups is 2. The predicted molar refractivity (Wildman–Crippen MR) is 90.0 cm³/mol. The fourth-order valence-corrected chi connectivity index (χ4v) is 5.55. The average molecular weight is 377 g/mol. The minimum Gasteiger partial charge on any atom is -0.486 e. The van der Waals surface area contributed by atoms with Crippen LogP contribution in [0.15, 0.2) is 16.5 Å². The Morgan fingerprint density at radius 2 is 1.96 bits per heavy atom. The summed E-state index contributed by atoms with van der Waals surface area (Å²) in [6, 6.07) is 0. The number of carbonyl (C=O) groups excluding carboxylic acids is 2. The van der Waals surface area contributed by atoms with Crippen molar-refractivity contribution in [3.05, 3.63) is 11.3 Å². The number of hydrogen-bond acceptors (Lipinski definition) is 8. The third-order valence-corrected chi connectivity index (χ3v) is 7.00. The number of nitrogens with zero attached hydrogens (tertiary/aromatic N) is 1. The van der Waals surface area contributed by atoms with Crippen molar-refractivity contribution in [1.29, 1.82) is 0 Å². The lowest BCUT2D eigenvalue weighted by Crippen LogP contribution is -2.66. The summed E-state index contributed by atoms with van der Waals surface area (Å²) in [5.41, 5.74) is -0.864. The van der Waals surface area contributed by atoms with Crippen molar-refractivity contribution in [2.75, 3.05) is 0 Å². The monoisotopic (exact) mass is 377 g/mol. The molecular weight excluding hydrogens is 354 g/mol. The number of hydrogen-bond donors (Lipinski definition) is 2. The van der Waals surface area contributed by atoms with E-state index in [2.05, 4.69) is 5.16 Å². The van der Waals surface area contributed by atoms with Crippen LogP contribution in [0, 0.1) is 23.7 Å². The van der Waals surface area contributed by atoms with Gasteiger partial charge in [0.2, 0.25) is 5.79 Å². The summed E-state index contributed by atoms with van der Waals surface area (Å²) < 4.78 is 11.8. The first-order valence-corrected chi connectivity index (χ1v) is 9.52. The van der Waals surface area contributed by atoms with Gasteiger partial charge in [-0.05, 0) is 12.3 Å².